The van der Waals surface area contributed by atoms with Crippen molar-refractivity contribution in [1.82, 2.24) is 5.32 Å². The fourth-order valence-electron chi connectivity index (χ4n) is 2.06. The van der Waals surface area contributed by atoms with Gasteiger partial charge >= 0.3 is 5.97 Å². The van der Waals surface area contributed by atoms with E-state index < -0.39 is 11.5 Å². The van der Waals surface area contributed by atoms with E-state index in [1.165, 1.54) is 5.56 Å². The Kier molecular flexibility index (Phi) is 6.02. The summed E-state index contributed by atoms with van der Waals surface area (Å²) in [4.78, 5) is 13.5. The quantitative estimate of drug-likeness (QED) is 0.767. The van der Waals surface area contributed by atoms with Gasteiger partial charge in [-0.3, -0.25) is 4.79 Å². The Labute approximate surface area is 121 Å². The molecule has 1 aromatic rings. The van der Waals surface area contributed by atoms with Gasteiger partial charge < -0.3 is 15.3 Å². The molecule has 1 atom stereocenters. The number of nitrogens with one attached hydrogen (secondary N) is 1. The minimum absolute atomic E-state index is 0.562. The number of carbonyl (C=O) groups is 1. The summed E-state index contributed by atoms with van der Waals surface area (Å²) in [5.74, 6) is -0.788. The first kappa shape index (κ1) is 16.5. The van der Waals surface area contributed by atoms with Crippen molar-refractivity contribution in [1.29, 1.82) is 0 Å². The number of rotatable bonds is 8. The summed E-state index contributed by atoms with van der Waals surface area (Å²) in [5.41, 5.74) is 1.46. The summed E-state index contributed by atoms with van der Waals surface area (Å²) in [7, 11) is 2.00. The third kappa shape index (κ3) is 4.53. The van der Waals surface area contributed by atoms with Crippen LogP contribution in [0.1, 0.15) is 32.3 Å². The average molecular weight is 278 g/mol. The highest BCUT2D eigenvalue weighted by atomic mass is 16.4. The summed E-state index contributed by atoms with van der Waals surface area (Å²) in [5, 5.41) is 12.5. The molecule has 0 saturated heterocycles. The van der Waals surface area contributed by atoms with E-state index in [0.717, 1.165) is 18.7 Å². The number of carboxylic acids is 1. The van der Waals surface area contributed by atoms with Crippen LogP contribution in [0.25, 0.3) is 0 Å². The second-order valence-corrected chi connectivity index (χ2v) is 5.57. The predicted octanol–water partition coefficient (Wildman–Crippen LogP) is 2.66. The molecule has 0 aliphatic heterocycles. The molecule has 0 fully saturated rings. The fraction of sp³-hybridized carbons (Fsp3) is 0.562. The molecule has 112 valence electrons. The summed E-state index contributed by atoms with van der Waals surface area (Å²) in [6.45, 7) is 7.27. The van der Waals surface area contributed by atoms with Gasteiger partial charge in [-0.2, -0.15) is 0 Å². The largest absolute Gasteiger partial charge is 0.480 e. The molecule has 1 unspecified atom stereocenters. The highest BCUT2D eigenvalue weighted by Gasteiger charge is 2.32. The molecule has 0 aromatic heterocycles. The van der Waals surface area contributed by atoms with Crippen molar-refractivity contribution >= 4 is 11.7 Å². The van der Waals surface area contributed by atoms with Crippen LogP contribution in [0, 0.1) is 6.92 Å². The molecular weight excluding hydrogens is 252 g/mol. The van der Waals surface area contributed by atoms with Crippen LogP contribution in [0.3, 0.4) is 0 Å². The van der Waals surface area contributed by atoms with E-state index >= 15 is 0 Å². The van der Waals surface area contributed by atoms with E-state index in [2.05, 4.69) is 29.3 Å². The third-order valence-electron chi connectivity index (χ3n) is 3.63. The number of anilines is 1. The Hall–Kier alpha value is -1.55. The zero-order valence-electron chi connectivity index (χ0n) is 12.9. The molecule has 0 saturated carbocycles. The zero-order valence-corrected chi connectivity index (χ0v) is 12.9. The van der Waals surface area contributed by atoms with Gasteiger partial charge in [0.1, 0.15) is 5.54 Å². The van der Waals surface area contributed by atoms with Gasteiger partial charge in [-0.1, -0.05) is 19.1 Å². The highest BCUT2D eigenvalue weighted by molar-refractivity contribution is 5.78. The normalized spacial score (nSPS) is 13.8. The maximum Gasteiger partial charge on any atom is 0.323 e. The van der Waals surface area contributed by atoms with Crippen LogP contribution in [0.15, 0.2) is 24.3 Å². The van der Waals surface area contributed by atoms with Crippen LogP contribution in [-0.2, 0) is 4.79 Å². The van der Waals surface area contributed by atoms with Gasteiger partial charge in [-0.25, -0.2) is 0 Å². The molecule has 2 N–H and O–H groups in total. The lowest BCUT2D eigenvalue weighted by Gasteiger charge is -2.29. The Morgan fingerprint density at radius 3 is 2.70 bits per heavy atom. The zero-order chi connectivity index (χ0) is 15.2. The Morgan fingerprint density at radius 1 is 1.45 bits per heavy atom. The van der Waals surface area contributed by atoms with Crippen molar-refractivity contribution in [2.45, 2.75) is 39.2 Å². The van der Waals surface area contributed by atoms with E-state index in [-0.39, 0.29) is 0 Å². The molecule has 0 bridgehead atoms. The van der Waals surface area contributed by atoms with Crippen LogP contribution in [0.2, 0.25) is 0 Å². The van der Waals surface area contributed by atoms with Crippen LogP contribution in [0.4, 0.5) is 5.69 Å². The summed E-state index contributed by atoms with van der Waals surface area (Å²) in [6.07, 6.45) is 1.49. The number of hydrogen-bond acceptors (Lipinski definition) is 3. The lowest BCUT2D eigenvalue weighted by atomic mass is 9.97. The molecule has 0 aliphatic rings. The van der Waals surface area contributed by atoms with Crippen molar-refractivity contribution in [3.8, 4) is 0 Å². The lowest BCUT2D eigenvalue weighted by molar-refractivity contribution is -0.144. The molecule has 0 aliphatic carbocycles. The third-order valence-corrected chi connectivity index (χ3v) is 3.63. The fourth-order valence-corrected chi connectivity index (χ4v) is 2.06. The van der Waals surface area contributed by atoms with Crippen LogP contribution in [-0.4, -0.2) is 36.8 Å². The van der Waals surface area contributed by atoms with Gasteiger partial charge in [-0.15, -0.1) is 0 Å². The predicted molar refractivity (Wildman–Crippen MR) is 83.4 cm³/mol. The van der Waals surface area contributed by atoms with Crippen LogP contribution in [0.5, 0.6) is 0 Å². The smallest absolute Gasteiger partial charge is 0.323 e. The molecule has 0 amide bonds. The van der Waals surface area contributed by atoms with Crippen LogP contribution >= 0.6 is 0 Å². The first-order valence-electron chi connectivity index (χ1n) is 7.15. The summed E-state index contributed by atoms with van der Waals surface area (Å²) in [6, 6.07) is 8.23. The number of carboxylic acid groups (broad SMARTS) is 1. The number of benzene rings is 1. The van der Waals surface area contributed by atoms with Gasteiger partial charge in [0, 0.05) is 19.3 Å². The maximum atomic E-state index is 11.4. The summed E-state index contributed by atoms with van der Waals surface area (Å²) >= 11 is 0. The van der Waals surface area contributed by atoms with Crippen molar-refractivity contribution in [2.75, 3.05) is 25.0 Å². The minimum Gasteiger partial charge on any atom is -0.480 e. The molecule has 1 rings (SSSR count). The van der Waals surface area contributed by atoms with E-state index in [1.54, 1.807) is 6.92 Å². The number of hydrogen-bond donors (Lipinski definition) is 2. The van der Waals surface area contributed by atoms with Crippen molar-refractivity contribution in [2.24, 2.45) is 0 Å². The van der Waals surface area contributed by atoms with Gasteiger partial charge in [-0.05, 0) is 50.9 Å². The Bertz CT molecular complexity index is 448. The van der Waals surface area contributed by atoms with Gasteiger partial charge in [0.05, 0.1) is 0 Å². The Morgan fingerprint density at radius 2 is 2.15 bits per heavy atom. The van der Waals surface area contributed by atoms with Gasteiger partial charge in [0.15, 0.2) is 0 Å². The topological polar surface area (TPSA) is 52.6 Å². The number of aliphatic carboxylic acids is 1. The minimum atomic E-state index is -0.867. The molecule has 0 heterocycles. The molecule has 4 heteroatoms. The van der Waals surface area contributed by atoms with Gasteiger partial charge in [0.2, 0.25) is 0 Å². The Balaban J connectivity index is 2.65. The maximum absolute atomic E-state index is 11.4. The molecular formula is C16H26N2O2. The van der Waals surface area contributed by atoms with E-state index in [4.69, 9.17) is 0 Å². The van der Waals surface area contributed by atoms with E-state index in [9.17, 15) is 9.90 Å². The second-order valence-electron chi connectivity index (χ2n) is 5.57. The summed E-state index contributed by atoms with van der Waals surface area (Å²) < 4.78 is 0. The monoisotopic (exact) mass is 278 g/mol. The first-order chi connectivity index (χ1) is 9.39. The van der Waals surface area contributed by atoms with Crippen molar-refractivity contribution < 1.29 is 9.90 Å². The second kappa shape index (κ2) is 7.29. The SMILES string of the molecule is CCCNC(C)(CCN(C)c1cccc(C)c1)C(=O)O. The first-order valence-corrected chi connectivity index (χ1v) is 7.15. The molecule has 0 radical (unpaired) electrons. The highest BCUT2D eigenvalue weighted by Crippen LogP contribution is 2.17. The average Bonchev–Trinajstić information content (AvgIpc) is 2.42. The van der Waals surface area contributed by atoms with Crippen molar-refractivity contribution in [3.63, 3.8) is 0 Å². The van der Waals surface area contributed by atoms with Crippen molar-refractivity contribution in [3.05, 3.63) is 29.8 Å². The molecule has 0 spiro atoms. The van der Waals surface area contributed by atoms with E-state index in [1.807, 2.05) is 26.1 Å². The van der Waals surface area contributed by atoms with Crippen LogP contribution < -0.4 is 10.2 Å². The molecule has 4 nitrogen and oxygen atoms in total. The number of nitrogens with zero attached hydrogens (tertiary/aromatic N) is 1. The standard InChI is InChI=1S/C16H26N2O2/c1-5-10-17-16(3,15(19)20)9-11-18(4)14-8-6-7-13(2)12-14/h6-8,12,17H,5,9-11H2,1-4H3,(H,19,20). The number of aryl methyl sites for hydroxylation is 1. The lowest BCUT2D eigenvalue weighted by Crippen LogP contribution is -2.51. The van der Waals surface area contributed by atoms with Gasteiger partial charge in [0.25, 0.3) is 0 Å². The molecule has 20 heavy (non-hydrogen) atoms. The molecule has 1 aromatic carbocycles. The van der Waals surface area contributed by atoms with E-state index in [0.29, 0.717) is 13.0 Å².